The SMILES string of the molecule is CNS(=O)(=O)c1ccc(NCc2cnn(C)c2C)c([N+](=O)[O-])c1. The van der Waals surface area contributed by atoms with Crippen molar-refractivity contribution in [1.29, 1.82) is 0 Å². The second kappa shape index (κ2) is 6.34. The zero-order valence-electron chi connectivity index (χ0n) is 12.9. The molecule has 2 N–H and O–H groups in total. The van der Waals surface area contributed by atoms with Gasteiger partial charge < -0.3 is 5.32 Å². The number of rotatable bonds is 6. The first-order valence-electron chi connectivity index (χ1n) is 6.69. The Morgan fingerprint density at radius 2 is 2.09 bits per heavy atom. The Labute approximate surface area is 133 Å². The van der Waals surface area contributed by atoms with Crippen LogP contribution in [0.4, 0.5) is 11.4 Å². The van der Waals surface area contributed by atoms with Crippen molar-refractivity contribution in [3.05, 3.63) is 45.8 Å². The smallest absolute Gasteiger partial charge is 0.293 e. The van der Waals surface area contributed by atoms with Gasteiger partial charge in [-0.05, 0) is 26.1 Å². The summed E-state index contributed by atoms with van der Waals surface area (Å²) in [7, 11) is -0.684. The maximum Gasteiger partial charge on any atom is 0.293 e. The molecule has 1 heterocycles. The number of nitrogens with zero attached hydrogens (tertiary/aromatic N) is 3. The molecule has 0 atom stereocenters. The normalized spacial score (nSPS) is 11.4. The highest BCUT2D eigenvalue weighted by Gasteiger charge is 2.20. The standard InChI is InChI=1S/C13H17N5O4S/c1-9-10(8-16-17(9)3)7-15-12-5-4-11(23(21,22)14-2)6-13(12)18(19)20/h4-6,8,14-15H,7H2,1-3H3. The summed E-state index contributed by atoms with van der Waals surface area (Å²) in [5.74, 6) is 0. The highest BCUT2D eigenvalue weighted by Crippen LogP contribution is 2.28. The van der Waals surface area contributed by atoms with Crippen LogP contribution in [0.2, 0.25) is 0 Å². The van der Waals surface area contributed by atoms with Crippen LogP contribution in [0, 0.1) is 17.0 Å². The van der Waals surface area contributed by atoms with E-state index in [0.29, 0.717) is 6.54 Å². The maximum atomic E-state index is 11.7. The van der Waals surface area contributed by atoms with E-state index in [4.69, 9.17) is 0 Å². The van der Waals surface area contributed by atoms with Crippen molar-refractivity contribution in [2.24, 2.45) is 7.05 Å². The van der Waals surface area contributed by atoms with Crippen molar-refractivity contribution in [1.82, 2.24) is 14.5 Å². The van der Waals surface area contributed by atoms with Crippen molar-refractivity contribution in [2.45, 2.75) is 18.4 Å². The van der Waals surface area contributed by atoms with E-state index in [9.17, 15) is 18.5 Å². The number of nitrogens with one attached hydrogen (secondary N) is 2. The summed E-state index contributed by atoms with van der Waals surface area (Å²) in [6.45, 7) is 2.24. The zero-order chi connectivity index (χ0) is 17.2. The van der Waals surface area contributed by atoms with Gasteiger partial charge in [0.05, 0.1) is 16.0 Å². The van der Waals surface area contributed by atoms with Gasteiger partial charge in [-0.1, -0.05) is 0 Å². The molecule has 0 radical (unpaired) electrons. The van der Waals surface area contributed by atoms with Gasteiger partial charge in [-0.2, -0.15) is 5.10 Å². The highest BCUT2D eigenvalue weighted by molar-refractivity contribution is 7.89. The predicted octanol–water partition coefficient (Wildman–Crippen LogP) is 1.16. The fourth-order valence-corrected chi connectivity index (χ4v) is 2.75. The third-order valence-corrected chi connectivity index (χ3v) is 4.96. The number of nitro benzene ring substituents is 1. The van der Waals surface area contributed by atoms with Gasteiger partial charge in [0.25, 0.3) is 5.69 Å². The maximum absolute atomic E-state index is 11.7. The molecule has 124 valence electrons. The zero-order valence-corrected chi connectivity index (χ0v) is 13.7. The Bertz CT molecular complexity index is 844. The lowest BCUT2D eigenvalue weighted by Crippen LogP contribution is -2.18. The van der Waals surface area contributed by atoms with Crippen molar-refractivity contribution >= 4 is 21.4 Å². The molecule has 0 amide bonds. The number of hydrogen-bond donors (Lipinski definition) is 2. The molecule has 2 aromatic rings. The molecule has 23 heavy (non-hydrogen) atoms. The number of sulfonamides is 1. The van der Waals surface area contributed by atoms with Crippen LogP contribution in [0.15, 0.2) is 29.3 Å². The Kier molecular flexibility index (Phi) is 4.66. The van der Waals surface area contributed by atoms with Crippen molar-refractivity contribution in [2.75, 3.05) is 12.4 Å². The quantitative estimate of drug-likeness (QED) is 0.602. The molecule has 0 unspecified atom stereocenters. The molecule has 0 saturated heterocycles. The second-order valence-corrected chi connectivity index (χ2v) is 6.76. The molecular weight excluding hydrogens is 322 g/mol. The Morgan fingerprint density at radius 3 is 2.61 bits per heavy atom. The lowest BCUT2D eigenvalue weighted by molar-refractivity contribution is -0.384. The van der Waals surface area contributed by atoms with Gasteiger partial charge >= 0.3 is 0 Å². The number of aryl methyl sites for hydroxylation is 1. The Morgan fingerprint density at radius 1 is 1.39 bits per heavy atom. The first-order valence-corrected chi connectivity index (χ1v) is 8.18. The highest BCUT2D eigenvalue weighted by atomic mass is 32.2. The van der Waals surface area contributed by atoms with Crippen LogP contribution >= 0.6 is 0 Å². The van der Waals surface area contributed by atoms with Crippen LogP contribution in [0.25, 0.3) is 0 Å². The van der Waals surface area contributed by atoms with Crippen LogP contribution in [-0.4, -0.2) is 30.2 Å². The average molecular weight is 339 g/mol. The fourth-order valence-electron chi connectivity index (χ4n) is 2.01. The largest absolute Gasteiger partial charge is 0.375 e. The van der Waals surface area contributed by atoms with E-state index >= 15 is 0 Å². The minimum absolute atomic E-state index is 0.158. The fraction of sp³-hybridized carbons (Fsp3) is 0.308. The van der Waals surface area contributed by atoms with E-state index in [1.54, 1.807) is 17.9 Å². The molecule has 0 bridgehead atoms. The molecular formula is C13H17N5O4S. The van der Waals surface area contributed by atoms with Gasteiger partial charge in [0.15, 0.2) is 0 Å². The van der Waals surface area contributed by atoms with Gasteiger partial charge in [0.2, 0.25) is 10.0 Å². The molecule has 0 fully saturated rings. The molecule has 1 aromatic heterocycles. The molecule has 0 spiro atoms. The monoisotopic (exact) mass is 339 g/mol. The average Bonchev–Trinajstić information content (AvgIpc) is 2.84. The summed E-state index contributed by atoms with van der Waals surface area (Å²) in [4.78, 5) is 10.4. The van der Waals surface area contributed by atoms with E-state index in [2.05, 4.69) is 15.1 Å². The van der Waals surface area contributed by atoms with E-state index < -0.39 is 14.9 Å². The lowest BCUT2D eigenvalue weighted by atomic mass is 10.2. The molecule has 0 aliphatic carbocycles. The summed E-state index contributed by atoms with van der Waals surface area (Å²) in [5.41, 5.74) is 1.78. The van der Waals surface area contributed by atoms with Crippen LogP contribution < -0.4 is 10.0 Å². The first-order chi connectivity index (χ1) is 10.8. The van der Waals surface area contributed by atoms with E-state index in [0.717, 1.165) is 17.3 Å². The third-order valence-electron chi connectivity index (χ3n) is 3.55. The number of anilines is 1. The topological polar surface area (TPSA) is 119 Å². The van der Waals surface area contributed by atoms with Crippen LogP contribution in [-0.2, 0) is 23.6 Å². The summed E-state index contributed by atoms with van der Waals surface area (Å²) >= 11 is 0. The van der Waals surface area contributed by atoms with Gasteiger partial charge in [0, 0.05) is 30.9 Å². The number of benzene rings is 1. The summed E-state index contributed by atoms with van der Waals surface area (Å²) < 4.78 is 27.3. The number of aromatic nitrogens is 2. The number of nitro groups is 1. The minimum Gasteiger partial charge on any atom is -0.375 e. The predicted molar refractivity (Wildman–Crippen MR) is 84.6 cm³/mol. The van der Waals surface area contributed by atoms with Crippen LogP contribution in [0.3, 0.4) is 0 Å². The molecule has 0 aliphatic rings. The van der Waals surface area contributed by atoms with E-state index in [1.807, 2.05) is 6.92 Å². The van der Waals surface area contributed by atoms with Gasteiger partial charge in [-0.15, -0.1) is 0 Å². The van der Waals surface area contributed by atoms with Crippen molar-refractivity contribution < 1.29 is 13.3 Å². The summed E-state index contributed by atoms with van der Waals surface area (Å²) in [6.07, 6.45) is 1.67. The number of hydrogen-bond acceptors (Lipinski definition) is 6. The first kappa shape index (κ1) is 16.9. The van der Waals surface area contributed by atoms with Crippen LogP contribution in [0.5, 0.6) is 0 Å². The summed E-state index contributed by atoms with van der Waals surface area (Å²) in [5, 5.41) is 18.3. The summed E-state index contributed by atoms with van der Waals surface area (Å²) in [6, 6.07) is 3.73. The van der Waals surface area contributed by atoms with Gasteiger partial charge in [0.1, 0.15) is 5.69 Å². The minimum atomic E-state index is -3.74. The second-order valence-electron chi connectivity index (χ2n) is 4.88. The molecule has 0 saturated carbocycles. The van der Waals surface area contributed by atoms with Crippen molar-refractivity contribution in [3.63, 3.8) is 0 Å². The Balaban J connectivity index is 2.32. The molecule has 10 heteroatoms. The lowest BCUT2D eigenvalue weighted by Gasteiger charge is -2.09. The third kappa shape index (κ3) is 3.48. The molecule has 1 aromatic carbocycles. The molecule has 0 aliphatic heterocycles. The van der Waals surface area contributed by atoms with Gasteiger partial charge in [-0.3, -0.25) is 14.8 Å². The van der Waals surface area contributed by atoms with E-state index in [-0.39, 0.29) is 16.3 Å². The van der Waals surface area contributed by atoms with Crippen LogP contribution in [0.1, 0.15) is 11.3 Å². The molecule has 9 nitrogen and oxygen atoms in total. The van der Waals surface area contributed by atoms with E-state index in [1.165, 1.54) is 19.2 Å². The Hall–Kier alpha value is -2.46. The molecule has 2 rings (SSSR count). The van der Waals surface area contributed by atoms with Crippen molar-refractivity contribution in [3.8, 4) is 0 Å². The van der Waals surface area contributed by atoms with Gasteiger partial charge in [-0.25, -0.2) is 13.1 Å².